The molecule has 0 amide bonds. The normalized spacial score (nSPS) is 28.4. The molecule has 0 bridgehead atoms. The Morgan fingerprint density at radius 1 is 1.30 bits per heavy atom. The summed E-state index contributed by atoms with van der Waals surface area (Å²) in [6, 6.07) is 0.394. The van der Waals surface area contributed by atoms with Crippen LogP contribution in [0.1, 0.15) is 39.5 Å². The van der Waals surface area contributed by atoms with Crippen LogP contribution in [0.2, 0.25) is 0 Å². The van der Waals surface area contributed by atoms with E-state index in [1.165, 1.54) is 53.4 Å². The number of likely N-dealkylation sites (tertiary alicyclic amines) is 1. The van der Waals surface area contributed by atoms with E-state index in [0.29, 0.717) is 23.3 Å². The molecule has 138 valence electrons. The molecular weight excluding hydrogens is 627 g/mol. The summed E-state index contributed by atoms with van der Waals surface area (Å²) in [6.07, 6.45) is 5.45. The molecule has 0 aromatic rings. The second-order valence-corrected chi connectivity index (χ2v) is 26.6. The molecule has 0 aromatic heterocycles. The van der Waals surface area contributed by atoms with Crippen LogP contribution in [0.3, 0.4) is 0 Å². The third-order valence-corrected chi connectivity index (χ3v) is 28.3. The van der Waals surface area contributed by atoms with E-state index >= 15 is 0 Å². The summed E-state index contributed by atoms with van der Waals surface area (Å²) in [7, 11) is 0. The van der Waals surface area contributed by atoms with Crippen molar-refractivity contribution in [2.45, 2.75) is 53.5 Å². The summed E-state index contributed by atoms with van der Waals surface area (Å²) in [4.78, 5) is 2.49. The SMILES string of the molecule is C=IC1CCN(C(=C)NC(C)I2CCC([C@@H](C)N)CC[I-]2)CC1. The van der Waals surface area contributed by atoms with E-state index in [2.05, 4.69) is 35.2 Å². The van der Waals surface area contributed by atoms with Crippen LogP contribution in [-0.2, 0) is 0 Å². The molecule has 6 heteroatoms. The van der Waals surface area contributed by atoms with Crippen molar-refractivity contribution >= 4 is 41.1 Å². The van der Waals surface area contributed by atoms with Gasteiger partial charge >= 0.3 is 168 Å². The molecule has 2 aliphatic heterocycles. The van der Waals surface area contributed by atoms with Crippen LogP contribution >= 0.6 is 36.6 Å². The third-order valence-electron chi connectivity index (χ3n) is 4.83. The second-order valence-electron chi connectivity index (χ2n) is 6.54. The predicted octanol–water partition coefficient (Wildman–Crippen LogP) is 0.528. The number of nitrogens with two attached hydrogens (primary N) is 1. The van der Waals surface area contributed by atoms with Gasteiger partial charge in [0, 0.05) is 0 Å². The van der Waals surface area contributed by atoms with E-state index in [1.807, 2.05) is 0 Å². The van der Waals surface area contributed by atoms with Gasteiger partial charge in [0.15, 0.2) is 0 Å². The van der Waals surface area contributed by atoms with Crippen LogP contribution in [0.4, 0.5) is 0 Å². The van der Waals surface area contributed by atoms with Gasteiger partial charge in [0.2, 0.25) is 0 Å². The van der Waals surface area contributed by atoms with Crippen LogP contribution in [0.25, 0.3) is 0 Å². The van der Waals surface area contributed by atoms with Gasteiger partial charge in [-0.2, -0.15) is 0 Å². The topological polar surface area (TPSA) is 41.3 Å². The van der Waals surface area contributed by atoms with Crippen molar-refractivity contribution in [2.75, 3.05) is 21.9 Å². The number of halogens is 3. The molecule has 2 fully saturated rings. The minimum absolute atomic E-state index is 0.181. The van der Waals surface area contributed by atoms with Gasteiger partial charge in [-0.15, -0.1) is 0 Å². The summed E-state index contributed by atoms with van der Waals surface area (Å²) < 4.78 is 8.86. The van der Waals surface area contributed by atoms with Crippen molar-refractivity contribution in [2.24, 2.45) is 11.7 Å². The monoisotopic (exact) mass is 660 g/mol. The summed E-state index contributed by atoms with van der Waals surface area (Å²) >= 11 is -0.190. The zero-order chi connectivity index (χ0) is 16.8. The molecule has 23 heavy (non-hydrogen) atoms. The molecule has 0 radical (unpaired) electrons. The molecule has 0 saturated carbocycles. The second kappa shape index (κ2) is 10.5. The van der Waals surface area contributed by atoms with E-state index in [0.717, 1.165) is 13.9 Å². The van der Waals surface area contributed by atoms with Crippen molar-refractivity contribution in [3.05, 3.63) is 12.4 Å². The first-order chi connectivity index (χ1) is 11.0. The molecule has 0 aromatic carbocycles. The van der Waals surface area contributed by atoms with Gasteiger partial charge in [-0.1, -0.05) is 0 Å². The maximum absolute atomic E-state index is 6.15. The molecule has 2 rings (SSSR count). The van der Waals surface area contributed by atoms with Crippen LogP contribution < -0.4 is 28.3 Å². The first kappa shape index (κ1) is 20.7. The van der Waals surface area contributed by atoms with Gasteiger partial charge in [-0.05, 0) is 0 Å². The standard InChI is InChI=1S/C17H33I3N3/c1-13(21)16-5-9-19-20(10-6-16)14(2)22-15(3)23-11-7-17(18-4)8-12-23/h13-14,16-17,22H,3-12,21H2,1-2H3/q-1/t13-,14?,16?/m1/s1. The summed E-state index contributed by atoms with van der Waals surface area (Å²) in [6.45, 7) is 11.4. The quantitative estimate of drug-likeness (QED) is 0.249. The molecular formula is C17H33I3N3-. The molecule has 3 nitrogen and oxygen atoms in total. The summed E-state index contributed by atoms with van der Waals surface area (Å²) in [5, 5.41) is 3.81. The Kier molecular flexibility index (Phi) is 9.43. The van der Waals surface area contributed by atoms with E-state index < -0.39 is 15.8 Å². The molecule has 2 heterocycles. The zero-order valence-electron chi connectivity index (χ0n) is 14.5. The molecule has 2 unspecified atom stereocenters. The maximum atomic E-state index is 6.15. The average molecular weight is 660 g/mol. The zero-order valence-corrected chi connectivity index (χ0v) is 21.0. The van der Waals surface area contributed by atoms with Crippen molar-refractivity contribution < 1.29 is 17.2 Å². The van der Waals surface area contributed by atoms with Crippen molar-refractivity contribution in [3.8, 4) is 0 Å². The fourth-order valence-electron chi connectivity index (χ4n) is 3.14. The molecule has 3 N–H and O–H groups in total. The van der Waals surface area contributed by atoms with Crippen molar-refractivity contribution in [3.63, 3.8) is 0 Å². The molecule has 3 atom stereocenters. The summed E-state index contributed by atoms with van der Waals surface area (Å²) in [5.41, 5.74) is 6.15. The van der Waals surface area contributed by atoms with Crippen LogP contribution in [-0.4, -0.2) is 45.4 Å². The molecule has 0 spiro atoms. The van der Waals surface area contributed by atoms with Gasteiger partial charge in [0.1, 0.15) is 0 Å². The Bertz CT molecular complexity index is 395. The molecule has 0 aliphatic carbocycles. The molecule has 2 saturated heterocycles. The minimum atomic E-state index is -0.814. The number of nitrogens with zero attached hydrogens (tertiary/aromatic N) is 1. The number of piperidine rings is 1. The van der Waals surface area contributed by atoms with E-state index in [-0.39, 0.29) is 20.7 Å². The van der Waals surface area contributed by atoms with Gasteiger partial charge in [0.05, 0.1) is 0 Å². The molecule has 2 aliphatic rings. The van der Waals surface area contributed by atoms with Gasteiger partial charge < -0.3 is 0 Å². The fraction of sp³-hybridized carbons (Fsp3) is 0.824. The number of hydrogen-bond acceptors (Lipinski definition) is 3. The summed E-state index contributed by atoms with van der Waals surface area (Å²) in [5.74, 6) is 1.99. The first-order valence-electron chi connectivity index (χ1n) is 8.58. The number of alkyl halides is 4. The Morgan fingerprint density at radius 3 is 2.61 bits per heavy atom. The number of nitrogens with one attached hydrogen (secondary N) is 1. The first-order valence-corrected chi connectivity index (χ1v) is 21.9. The van der Waals surface area contributed by atoms with Crippen LogP contribution in [0.15, 0.2) is 12.4 Å². The van der Waals surface area contributed by atoms with E-state index in [9.17, 15) is 0 Å². The third kappa shape index (κ3) is 6.54. The fourth-order valence-corrected chi connectivity index (χ4v) is 22.7. The van der Waals surface area contributed by atoms with Crippen molar-refractivity contribution in [1.29, 1.82) is 0 Å². The van der Waals surface area contributed by atoms with E-state index in [1.54, 1.807) is 0 Å². The Morgan fingerprint density at radius 2 is 2.00 bits per heavy atom. The Hall–Kier alpha value is 1.36. The number of rotatable bonds is 6. The average Bonchev–Trinajstić information content (AvgIpc) is 2.81. The Labute approximate surface area is 166 Å². The van der Waals surface area contributed by atoms with Crippen molar-refractivity contribution in [1.82, 2.24) is 10.2 Å². The predicted molar refractivity (Wildman–Crippen MR) is 118 cm³/mol. The van der Waals surface area contributed by atoms with Gasteiger partial charge in [-0.25, -0.2) is 0 Å². The van der Waals surface area contributed by atoms with Gasteiger partial charge in [0.25, 0.3) is 0 Å². The van der Waals surface area contributed by atoms with Gasteiger partial charge in [-0.3, -0.25) is 0 Å². The van der Waals surface area contributed by atoms with E-state index in [4.69, 9.17) is 5.73 Å². The van der Waals surface area contributed by atoms with Crippen LogP contribution in [0, 0.1) is 5.92 Å². The Balaban J connectivity index is 1.78. The van der Waals surface area contributed by atoms with Crippen LogP contribution in [0.5, 0.6) is 0 Å². The number of hydrogen-bond donors (Lipinski definition) is 2.